The van der Waals surface area contributed by atoms with Crippen LogP contribution in [-0.2, 0) is 4.79 Å². The number of anilines is 1. The zero-order valence-corrected chi connectivity index (χ0v) is 8.86. The molecule has 0 aromatic heterocycles. The number of benzene rings is 1. The average molecular weight is 228 g/mol. The van der Waals surface area contributed by atoms with Crippen molar-refractivity contribution in [2.24, 2.45) is 0 Å². The van der Waals surface area contributed by atoms with Gasteiger partial charge in [0.1, 0.15) is 5.75 Å². The first-order valence-electron chi connectivity index (χ1n) is 4.48. The summed E-state index contributed by atoms with van der Waals surface area (Å²) in [6, 6.07) is 5.19. The molecule has 1 aliphatic rings. The summed E-state index contributed by atoms with van der Waals surface area (Å²) < 4.78 is 5.32. The smallest absolute Gasteiger partial charge is 0.346 e. The Balaban J connectivity index is 2.37. The molecule has 0 spiro atoms. The summed E-state index contributed by atoms with van der Waals surface area (Å²) in [5.74, 6) is -0.448. The van der Waals surface area contributed by atoms with Crippen molar-refractivity contribution in [3.05, 3.63) is 23.2 Å². The molecule has 1 N–H and O–H groups in total. The van der Waals surface area contributed by atoms with E-state index in [0.29, 0.717) is 17.3 Å². The average Bonchev–Trinajstić information content (AvgIpc) is 2.16. The van der Waals surface area contributed by atoms with E-state index in [0.717, 1.165) is 5.69 Å². The molecule has 1 atom stereocenters. The van der Waals surface area contributed by atoms with E-state index in [9.17, 15) is 4.79 Å². The molecule has 80 valence electrons. The first-order chi connectivity index (χ1) is 7.08. The maximum Gasteiger partial charge on any atom is 0.346 e. The molecular weight excluding hydrogens is 218 g/mol. The molecule has 4 nitrogen and oxygen atoms in total. The number of ether oxygens (including phenoxy) is 1. The molecule has 0 amide bonds. The predicted molar refractivity (Wildman–Crippen MR) is 56.8 cm³/mol. The highest BCUT2D eigenvalue weighted by molar-refractivity contribution is 6.30. The molecule has 0 radical (unpaired) electrons. The molecule has 1 aliphatic heterocycles. The number of fused-ring (bicyclic) bond motifs is 1. The highest BCUT2D eigenvalue weighted by atomic mass is 35.5. The van der Waals surface area contributed by atoms with Gasteiger partial charge >= 0.3 is 5.97 Å². The Labute approximate surface area is 92.0 Å². The molecule has 0 fully saturated rings. The van der Waals surface area contributed by atoms with Crippen molar-refractivity contribution in [2.45, 2.75) is 6.10 Å². The van der Waals surface area contributed by atoms with Crippen LogP contribution in [-0.4, -0.2) is 30.8 Å². The lowest BCUT2D eigenvalue weighted by Crippen LogP contribution is -2.42. The van der Waals surface area contributed by atoms with Crippen molar-refractivity contribution in [1.29, 1.82) is 0 Å². The van der Waals surface area contributed by atoms with Gasteiger partial charge in [-0.3, -0.25) is 0 Å². The van der Waals surface area contributed by atoms with Crippen LogP contribution in [0.4, 0.5) is 5.69 Å². The van der Waals surface area contributed by atoms with Crippen LogP contribution < -0.4 is 9.64 Å². The first-order valence-corrected chi connectivity index (χ1v) is 4.86. The first kappa shape index (κ1) is 10.1. The van der Waals surface area contributed by atoms with Gasteiger partial charge in [-0.25, -0.2) is 4.79 Å². The van der Waals surface area contributed by atoms with E-state index < -0.39 is 12.1 Å². The third-order valence-corrected chi connectivity index (χ3v) is 2.55. The zero-order chi connectivity index (χ0) is 11.0. The second-order valence-corrected chi connectivity index (χ2v) is 3.87. The molecule has 1 unspecified atom stereocenters. The van der Waals surface area contributed by atoms with E-state index in [1.54, 1.807) is 12.1 Å². The molecule has 0 saturated carbocycles. The number of aliphatic carboxylic acids is 1. The number of carbonyl (C=O) groups is 1. The number of halogens is 1. The topological polar surface area (TPSA) is 49.8 Å². The minimum atomic E-state index is -0.965. The lowest BCUT2D eigenvalue weighted by atomic mass is 10.2. The van der Waals surface area contributed by atoms with E-state index in [1.807, 2.05) is 18.0 Å². The normalized spacial score (nSPS) is 19.3. The molecule has 0 saturated heterocycles. The Morgan fingerprint density at radius 1 is 1.67 bits per heavy atom. The monoisotopic (exact) mass is 227 g/mol. The van der Waals surface area contributed by atoms with Gasteiger partial charge in [0.05, 0.1) is 12.2 Å². The maximum atomic E-state index is 10.8. The third kappa shape index (κ3) is 1.85. The van der Waals surface area contributed by atoms with Crippen LogP contribution in [0.15, 0.2) is 18.2 Å². The van der Waals surface area contributed by atoms with E-state index >= 15 is 0 Å². The molecule has 0 bridgehead atoms. The summed E-state index contributed by atoms with van der Waals surface area (Å²) in [5.41, 5.74) is 0.858. The van der Waals surface area contributed by atoms with Gasteiger partial charge in [-0.2, -0.15) is 0 Å². The Morgan fingerprint density at radius 2 is 2.40 bits per heavy atom. The molecule has 0 aliphatic carbocycles. The van der Waals surface area contributed by atoms with Crippen molar-refractivity contribution in [1.82, 2.24) is 0 Å². The van der Waals surface area contributed by atoms with Gasteiger partial charge in [0, 0.05) is 18.1 Å². The Hall–Kier alpha value is -1.42. The van der Waals surface area contributed by atoms with Gasteiger partial charge in [0.15, 0.2) is 0 Å². The second-order valence-electron chi connectivity index (χ2n) is 3.44. The summed E-state index contributed by atoms with van der Waals surface area (Å²) >= 11 is 5.81. The van der Waals surface area contributed by atoms with Gasteiger partial charge in [-0.05, 0) is 12.1 Å². The fraction of sp³-hybridized carbons (Fsp3) is 0.300. The van der Waals surface area contributed by atoms with Gasteiger partial charge in [0.25, 0.3) is 0 Å². The number of carboxylic acids is 1. The lowest BCUT2D eigenvalue weighted by Gasteiger charge is -2.31. The summed E-state index contributed by atoms with van der Waals surface area (Å²) in [6.07, 6.45) is -0.832. The van der Waals surface area contributed by atoms with E-state index in [4.69, 9.17) is 21.4 Å². The Bertz CT molecular complexity index is 408. The maximum absolute atomic E-state index is 10.8. The summed E-state index contributed by atoms with van der Waals surface area (Å²) in [5, 5.41) is 9.40. The minimum Gasteiger partial charge on any atom is -0.478 e. The number of likely N-dealkylation sites (N-methyl/N-ethyl adjacent to an activating group) is 1. The number of hydrogen-bond acceptors (Lipinski definition) is 3. The Morgan fingerprint density at radius 3 is 3.07 bits per heavy atom. The van der Waals surface area contributed by atoms with Crippen molar-refractivity contribution in [2.75, 3.05) is 18.5 Å². The van der Waals surface area contributed by atoms with E-state index in [-0.39, 0.29) is 0 Å². The molecule has 1 heterocycles. The van der Waals surface area contributed by atoms with Gasteiger partial charge < -0.3 is 14.7 Å². The van der Waals surface area contributed by atoms with Crippen molar-refractivity contribution >= 4 is 23.3 Å². The summed E-state index contributed by atoms with van der Waals surface area (Å²) in [6.45, 7) is 0.337. The van der Waals surface area contributed by atoms with Gasteiger partial charge in [-0.15, -0.1) is 0 Å². The predicted octanol–water partition coefficient (Wildman–Crippen LogP) is 1.62. The van der Waals surface area contributed by atoms with Crippen LogP contribution in [0, 0.1) is 0 Å². The summed E-state index contributed by atoms with van der Waals surface area (Å²) in [4.78, 5) is 12.7. The molecule has 1 aromatic rings. The van der Waals surface area contributed by atoms with Crippen LogP contribution in [0.2, 0.25) is 5.02 Å². The van der Waals surface area contributed by atoms with Crippen LogP contribution in [0.5, 0.6) is 5.75 Å². The van der Waals surface area contributed by atoms with Crippen LogP contribution >= 0.6 is 11.6 Å². The van der Waals surface area contributed by atoms with Gasteiger partial charge in [0.2, 0.25) is 6.10 Å². The highest BCUT2D eigenvalue weighted by Crippen LogP contribution is 2.34. The number of carboxylic acid groups (broad SMARTS) is 1. The molecule has 1 aromatic carbocycles. The van der Waals surface area contributed by atoms with Crippen molar-refractivity contribution in [3.8, 4) is 5.75 Å². The third-order valence-electron chi connectivity index (χ3n) is 2.32. The molecule has 15 heavy (non-hydrogen) atoms. The van der Waals surface area contributed by atoms with Crippen LogP contribution in [0.1, 0.15) is 0 Å². The van der Waals surface area contributed by atoms with E-state index in [1.165, 1.54) is 0 Å². The molecule has 2 rings (SSSR count). The fourth-order valence-corrected chi connectivity index (χ4v) is 1.73. The number of hydrogen-bond donors (Lipinski definition) is 1. The zero-order valence-electron chi connectivity index (χ0n) is 8.11. The van der Waals surface area contributed by atoms with Crippen LogP contribution in [0.3, 0.4) is 0 Å². The fourth-order valence-electron chi connectivity index (χ4n) is 1.56. The van der Waals surface area contributed by atoms with E-state index in [2.05, 4.69) is 0 Å². The van der Waals surface area contributed by atoms with Crippen LogP contribution in [0.25, 0.3) is 0 Å². The highest BCUT2D eigenvalue weighted by Gasteiger charge is 2.28. The summed E-state index contributed by atoms with van der Waals surface area (Å²) in [7, 11) is 1.82. The SMILES string of the molecule is CN1CC(C(=O)O)Oc2cc(Cl)ccc21. The van der Waals surface area contributed by atoms with Crippen molar-refractivity contribution in [3.63, 3.8) is 0 Å². The quantitative estimate of drug-likeness (QED) is 0.792. The molecular formula is C10H10ClNO3. The Kier molecular flexibility index (Phi) is 2.44. The lowest BCUT2D eigenvalue weighted by molar-refractivity contribution is -0.144. The van der Waals surface area contributed by atoms with Crippen molar-refractivity contribution < 1.29 is 14.6 Å². The van der Waals surface area contributed by atoms with Gasteiger partial charge in [-0.1, -0.05) is 11.6 Å². The number of nitrogens with zero attached hydrogens (tertiary/aromatic N) is 1. The molecule has 5 heteroatoms. The number of rotatable bonds is 1. The second kappa shape index (κ2) is 3.62. The standard InChI is InChI=1S/C10H10ClNO3/c1-12-5-9(10(13)14)15-8-4-6(11)2-3-7(8)12/h2-4,9H,5H2,1H3,(H,13,14). The largest absolute Gasteiger partial charge is 0.478 e. The minimum absolute atomic E-state index is 0.337.